The highest BCUT2D eigenvalue weighted by Crippen LogP contribution is 2.32. The van der Waals surface area contributed by atoms with E-state index < -0.39 is 0 Å². The molecule has 12 heavy (non-hydrogen) atoms. The molecule has 1 nitrogen and oxygen atoms in total. The van der Waals surface area contributed by atoms with E-state index in [1.807, 2.05) is 0 Å². The summed E-state index contributed by atoms with van der Waals surface area (Å²) in [6.45, 7) is 12.0. The lowest BCUT2D eigenvalue weighted by molar-refractivity contribution is 0.141. The molecule has 1 atom stereocenters. The number of rotatable bonds is 2. The van der Waals surface area contributed by atoms with Crippen LogP contribution in [0.3, 0.4) is 0 Å². The molecule has 1 aliphatic rings. The fourth-order valence-electron chi connectivity index (χ4n) is 2.36. The molecule has 0 amide bonds. The van der Waals surface area contributed by atoms with Gasteiger partial charge in [-0.1, -0.05) is 27.7 Å². The molecule has 0 radical (unpaired) electrons. The molecule has 1 heteroatoms. The van der Waals surface area contributed by atoms with Gasteiger partial charge in [-0.2, -0.15) is 0 Å². The molecule has 1 unspecified atom stereocenters. The van der Waals surface area contributed by atoms with Crippen LogP contribution in [0, 0.1) is 5.41 Å². The van der Waals surface area contributed by atoms with E-state index in [0.717, 1.165) is 6.04 Å². The first-order valence-corrected chi connectivity index (χ1v) is 5.29. The van der Waals surface area contributed by atoms with Crippen LogP contribution in [0.1, 0.15) is 47.0 Å². The molecule has 1 heterocycles. The van der Waals surface area contributed by atoms with Crippen LogP contribution in [0.25, 0.3) is 0 Å². The minimum atomic E-state index is 0.478. The van der Waals surface area contributed by atoms with E-state index in [2.05, 4.69) is 32.6 Å². The van der Waals surface area contributed by atoms with Crippen molar-refractivity contribution in [3.63, 3.8) is 0 Å². The van der Waals surface area contributed by atoms with E-state index in [1.165, 1.54) is 32.4 Å². The van der Waals surface area contributed by atoms with Gasteiger partial charge in [-0.25, -0.2) is 0 Å². The molecule has 0 aromatic heterocycles. The number of hydrogen-bond donors (Lipinski definition) is 0. The van der Waals surface area contributed by atoms with E-state index in [1.54, 1.807) is 0 Å². The van der Waals surface area contributed by atoms with Gasteiger partial charge in [-0.15, -0.1) is 0 Å². The molecule has 0 spiro atoms. The van der Waals surface area contributed by atoms with Crippen molar-refractivity contribution in [3.05, 3.63) is 0 Å². The molecule has 72 valence electrons. The Labute approximate surface area is 77.1 Å². The van der Waals surface area contributed by atoms with E-state index in [4.69, 9.17) is 0 Å². The van der Waals surface area contributed by atoms with Gasteiger partial charge in [0.25, 0.3) is 0 Å². The summed E-state index contributed by atoms with van der Waals surface area (Å²) in [5.41, 5.74) is 0.478. The Morgan fingerprint density at radius 1 is 1.33 bits per heavy atom. The van der Waals surface area contributed by atoms with E-state index in [0.29, 0.717) is 5.41 Å². The van der Waals surface area contributed by atoms with Gasteiger partial charge in [0.15, 0.2) is 0 Å². The molecule has 1 aliphatic heterocycles. The van der Waals surface area contributed by atoms with Crippen molar-refractivity contribution in [1.29, 1.82) is 0 Å². The minimum Gasteiger partial charge on any atom is -0.300 e. The van der Waals surface area contributed by atoms with Crippen LogP contribution < -0.4 is 0 Å². The van der Waals surface area contributed by atoms with Crippen LogP contribution in [0.5, 0.6) is 0 Å². The lowest BCUT2D eigenvalue weighted by Gasteiger charge is -2.34. The Morgan fingerprint density at radius 2 is 2.00 bits per heavy atom. The third-order valence-electron chi connectivity index (χ3n) is 2.87. The highest BCUT2D eigenvalue weighted by molar-refractivity contribution is 4.87. The maximum atomic E-state index is 2.67. The quantitative estimate of drug-likeness (QED) is 0.614. The Bertz CT molecular complexity index is 134. The van der Waals surface area contributed by atoms with Crippen LogP contribution in [-0.2, 0) is 0 Å². The topological polar surface area (TPSA) is 3.24 Å². The fourth-order valence-corrected chi connectivity index (χ4v) is 2.36. The van der Waals surface area contributed by atoms with Crippen LogP contribution in [0.15, 0.2) is 0 Å². The molecular formula is C11H23N. The predicted octanol–water partition coefficient (Wildman–Crippen LogP) is 2.91. The summed E-state index contributed by atoms with van der Waals surface area (Å²) in [6, 6.07) is 0.831. The lowest BCUT2D eigenvalue weighted by Crippen LogP contribution is -2.39. The molecule has 1 fully saturated rings. The number of hydrogen-bond acceptors (Lipinski definition) is 1. The average molecular weight is 169 g/mol. The van der Waals surface area contributed by atoms with Gasteiger partial charge in [0.1, 0.15) is 0 Å². The summed E-state index contributed by atoms with van der Waals surface area (Å²) in [4.78, 5) is 2.67. The lowest BCUT2D eigenvalue weighted by atomic mass is 9.85. The Balaban J connectivity index is 2.52. The Hall–Kier alpha value is -0.0400. The fraction of sp³-hybridized carbons (Fsp3) is 1.00. The largest absolute Gasteiger partial charge is 0.300 e. The second-order valence-corrected chi connectivity index (χ2v) is 5.06. The zero-order valence-electron chi connectivity index (χ0n) is 9.06. The van der Waals surface area contributed by atoms with Crippen molar-refractivity contribution < 1.29 is 0 Å². The molecule has 0 N–H and O–H groups in total. The smallest absolute Gasteiger partial charge is 0.0144 e. The van der Waals surface area contributed by atoms with Gasteiger partial charge in [-0.3, -0.25) is 4.90 Å². The third kappa shape index (κ3) is 2.22. The first-order chi connectivity index (χ1) is 5.55. The van der Waals surface area contributed by atoms with Crippen molar-refractivity contribution in [1.82, 2.24) is 4.90 Å². The summed E-state index contributed by atoms with van der Waals surface area (Å²) < 4.78 is 0. The molecule has 1 rings (SSSR count). The highest BCUT2D eigenvalue weighted by Gasteiger charge is 2.33. The molecule has 0 saturated carbocycles. The van der Waals surface area contributed by atoms with Gasteiger partial charge in [0, 0.05) is 6.04 Å². The summed E-state index contributed by atoms with van der Waals surface area (Å²) in [7, 11) is 0. The molecule has 0 bridgehead atoms. The van der Waals surface area contributed by atoms with Gasteiger partial charge in [0.05, 0.1) is 0 Å². The third-order valence-corrected chi connectivity index (χ3v) is 2.87. The SMILES string of the molecule is CCCN1CCCC1C(C)(C)C. The maximum absolute atomic E-state index is 2.67. The standard InChI is InChI=1S/C11H23N/c1-5-8-12-9-6-7-10(12)11(2,3)4/h10H,5-9H2,1-4H3. The summed E-state index contributed by atoms with van der Waals surface area (Å²) in [5.74, 6) is 0. The summed E-state index contributed by atoms with van der Waals surface area (Å²) >= 11 is 0. The predicted molar refractivity (Wildman–Crippen MR) is 54.3 cm³/mol. The van der Waals surface area contributed by atoms with E-state index in [-0.39, 0.29) is 0 Å². The zero-order valence-corrected chi connectivity index (χ0v) is 9.06. The second kappa shape index (κ2) is 3.78. The minimum absolute atomic E-state index is 0.478. The zero-order chi connectivity index (χ0) is 9.19. The molecule has 0 aliphatic carbocycles. The first-order valence-electron chi connectivity index (χ1n) is 5.29. The average Bonchev–Trinajstić information content (AvgIpc) is 2.34. The Kier molecular flexibility index (Phi) is 3.16. The second-order valence-electron chi connectivity index (χ2n) is 5.06. The monoisotopic (exact) mass is 169 g/mol. The molecule has 1 saturated heterocycles. The van der Waals surface area contributed by atoms with Gasteiger partial charge >= 0.3 is 0 Å². The van der Waals surface area contributed by atoms with Crippen LogP contribution >= 0.6 is 0 Å². The number of likely N-dealkylation sites (tertiary alicyclic amines) is 1. The van der Waals surface area contributed by atoms with Crippen molar-refractivity contribution in [2.45, 2.75) is 53.0 Å². The molecule has 0 aromatic carbocycles. The number of nitrogens with zero attached hydrogens (tertiary/aromatic N) is 1. The Morgan fingerprint density at radius 3 is 2.50 bits per heavy atom. The molecule has 0 aromatic rings. The first kappa shape index (κ1) is 10.0. The van der Waals surface area contributed by atoms with Crippen molar-refractivity contribution in [3.8, 4) is 0 Å². The van der Waals surface area contributed by atoms with Crippen LogP contribution in [0.4, 0.5) is 0 Å². The normalized spacial score (nSPS) is 26.5. The maximum Gasteiger partial charge on any atom is 0.0144 e. The van der Waals surface area contributed by atoms with Crippen LogP contribution in [-0.4, -0.2) is 24.0 Å². The van der Waals surface area contributed by atoms with Gasteiger partial charge in [0.2, 0.25) is 0 Å². The summed E-state index contributed by atoms with van der Waals surface area (Å²) in [5, 5.41) is 0. The van der Waals surface area contributed by atoms with Gasteiger partial charge < -0.3 is 0 Å². The van der Waals surface area contributed by atoms with E-state index >= 15 is 0 Å². The highest BCUT2D eigenvalue weighted by atomic mass is 15.2. The van der Waals surface area contributed by atoms with Crippen molar-refractivity contribution in [2.75, 3.05) is 13.1 Å². The summed E-state index contributed by atoms with van der Waals surface area (Å²) in [6.07, 6.45) is 4.11. The van der Waals surface area contributed by atoms with Crippen LogP contribution in [0.2, 0.25) is 0 Å². The van der Waals surface area contributed by atoms with Gasteiger partial charge in [-0.05, 0) is 37.8 Å². The van der Waals surface area contributed by atoms with Crippen molar-refractivity contribution >= 4 is 0 Å². The van der Waals surface area contributed by atoms with Crippen molar-refractivity contribution in [2.24, 2.45) is 5.41 Å². The molecular weight excluding hydrogens is 146 g/mol. The van der Waals surface area contributed by atoms with E-state index in [9.17, 15) is 0 Å².